The van der Waals surface area contributed by atoms with E-state index in [9.17, 15) is 17.6 Å². The van der Waals surface area contributed by atoms with Crippen LogP contribution < -0.4 is 9.47 Å². The second-order valence-electron chi connectivity index (χ2n) is 10.7. The number of carbonyl (C=O) groups excluding carboxylic acids is 1. The van der Waals surface area contributed by atoms with Crippen LogP contribution in [0.25, 0.3) is 0 Å². The number of ether oxygens (including phenoxy) is 4. The van der Waals surface area contributed by atoms with E-state index in [1.165, 1.54) is 18.5 Å². The SMILES string of the molecule is Cc1c(Oc2ccc(S(C)(=O)=O)cc2F)ncnc1OC1CC2COCC(C1)N2C(=O)OCC(C)(C)C. The molecule has 2 fully saturated rings. The number of hydrogen-bond acceptors (Lipinski definition) is 9. The largest absolute Gasteiger partial charge is 0.474 e. The molecule has 4 rings (SSSR count). The molecule has 2 aliphatic rings. The lowest BCUT2D eigenvalue weighted by molar-refractivity contribution is -0.0928. The summed E-state index contributed by atoms with van der Waals surface area (Å²) < 4.78 is 60.9. The van der Waals surface area contributed by atoms with E-state index < -0.39 is 15.7 Å². The van der Waals surface area contributed by atoms with E-state index in [0.29, 0.717) is 38.2 Å². The van der Waals surface area contributed by atoms with Crippen molar-refractivity contribution in [1.82, 2.24) is 14.9 Å². The van der Waals surface area contributed by atoms with Gasteiger partial charge in [0.2, 0.25) is 11.8 Å². The van der Waals surface area contributed by atoms with Gasteiger partial charge in [-0.05, 0) is 30.5 Å². The van der Waals surface area contributed by atoms with Crippen LogP contribution in [0.3, 0.4) is 0 Å². The number of morpholine rings is 1. The molecule has 3 heterocycles. The molecule has 2 aliphatic heterocycles. The lowest BCUT2D eigenvalue weighted by Crippen LogP contribution is -2.61. The van der Waals surface area contributed by atoms with Gasteiger partial charge in [-0.25, -0.2) is 27.6 Å². The monoisotopic (exact) mass is 537 g/mol. The van der Waals surface area contributed by atoms with Crippen molar-refractivity contribution in [1.29, 1.82) is 0 Å². The Kier molecular flexibility index (Phi) is 7.61. The van der Waals surface area contributed by atoms with E-state index in [0.717, 1.165) is 12.3 Å². The summed E-state index contributed by atoms with van der Waals surface area (Å²) in [4.78, 5) is 22.7. The van der Waals surface area contributed by atoms with Crippen LogP contribution in [0.5, 0.6) is 17.5 Å². The van der Waals surface area contributed by atoms with Crippen LogP contribution >= 0.6 is 0 Å². The lowest BCUT2D eigenvalue weighted by Gasteiger charge is -2.47. The highest BCUT2D eigenvalue weighted by molar-refractivity contribution is 7.90. The number of carbonyl (C=O) groups is 1. The highest BCUT2D eigenvalue weighted by Gasteiger charge is 2.43. The minimum Gasteiger partial charge on any atom is -0.474 e. The predicted molar refractivity (Wildman–Crippen MR) is 131 cm³/mol. The number of amides is 1. The quantitative estimate of drug-likeness (QED) is 0.540. The summed E-state index contributed by atoms with van der Waals surface area (Å²) in [6.45, 7) is 8.81. The number of sulfone groups is 1. The molecule has 2 aromatic rings. The Bertz CT molecular complexity index is 1250. The molecular weight excluding hydrogens is 505 g/mol. The average molecular weight is 538 g/mol. The summed E-state index contributed by atoms with van der Waals surface area (Å²) in [5.41, 5.74) is 0.327. The van der Waals surface area contributed by atoms with Crippen molar-refractivity contribution in [3.8, 4) is 17.5 Å². The molecule has 37 heavy (non-hydrogen) atoms. The van der Waals surface area contributed by atoms with Gasteiger partial charge in [-0.1, -0.05) is 20.8 Å². The van der Waals surface area contributed by atoms with Gasteiger partial charge >= 0.3 is 6.09 Å². The molecule has 10 nitrogen and oxygen atoms in total. The molecule has 0 spiro atoms. The van der Waals surface area contributed by atoms with Gasteiger partial charge in [0.25, 0.3) is 0 Å². The van der Waals surface area contributed by atoms with Crippen molar-refractivity contribution in [2.75, 3.05) is 26.1 Å². The van der Waals surface area contributed by atoms with Crippen molar-refractivity contribution >= 4 is 15.9 Å². The third-order valence-electron chi connectivity index (χ3n) is 6.12. The first-order chi connectivity index (χ1) is 17.3. The van der Waals surface area contributed by atoms with Crippen molar-refractivity contribution < 1.29 is 36.6 Å². The van der Waals surface area contributed by atoms with Crippen LogP contribution in [-0.4, -0.2) is 73.6 Å². The second kappa shape index (κ2) is 10.4. The number of rotatable bonds is 6. The summed E-state index contributed by atoms with van der Waals surface area (Å²) in [6.07, 6.45) is 2.73. The van der Waals surface area contributed by atoms with Gasteiger partial charge in [-0.15, -0.1) is 0 Å². The summed E-state index contributed by atoms with van der Waals surface area (Å²) >= 11 is 0. The van der Waals surface area contributed by atoms with E-state index in [1.807, 2.05) is 20.8 Å². The molecule has 2 saturated heterocycles. The highest BCUT2D eigenvalue weighted by atomic mass is 32.2. The minimum absolute atomic E-state index is 0.0859. The second-order valence-corrected chi connectivity index (χ2v) is 12.7. The fraction of sp³-hybridized carbons (Fsp3) is 0.560. The number of nitrogens with zero attached hydrogens (tertiary/aromatic N) is 3. The summed E-state index contributed by atoms with van der Waals surface area (Å²) in [5, 5.41) is 0. The standard InChI is InChI=1S/C25H32FN3O7S/c1-15-22(27-14-28-23(15)36-21-7-6-19(10-20(21)26)37(5,31)32)35-18-8-16-11-33-12-17(9-18)29(16)24(30)34-13-25(2,3)4/h6-7,10,14,16-18H,8-9,11-13H2,1-5H3. The molecule has 12 heteroatoms. The first-order valence-electron chi connectivity index (χ1n) is 12.0. The third kappa shape index (κ3) is 6.48. The van der Waals surface area contributed by atoms with E-state index in [-0.39, 0.29) is 52.1 Å². The predicted octanol–water partition coefficient (Wildman–Crippen LogP) is 3.91. The van der Waals surface area contributed by atoms with Crippen LogP contribution in [0.4, 0.5) is 9.18 Å². The van der Waals surface area contributed by atoms with Crippen molar-refractivity contribution in [2.24, 2.45) is 5.41 Å². The first-order valence-corrected chi connectivity index (χ1v) is 13.9. The molecule has 1 amide bonds. The van der Waals surface area contributed by atoms with Crippen molar-refractivity contribution in [2.45, 2.75) is 63.6 Å². The average Bonchev–Trinajstić information content (AvgIpc) is 2.79. The molecule has 2 bridgehead atoms. The molecule has 0 aliphatic carbocycles. The molecule has 202 valence electrons. The minimum atomic E-state index is -3.55. The Balaban J connectivity index is 1.45. The number of halogens is 1. The van der Waals surface area contributed by atoms with E-state index >= 15 is 0 Å². The number of piperidine rings is 1. The highest BCUT2D eigenvalue weighted by Crippen LogP contribution is 2.34. The van der Waals surface area contributed by atoms with Gasteiger partial charge in [0.15, 0.2) is 21.4 Å². The summed E-state index contributed by atoms with van der Waals surface area (Å²) in [7, 11) is -3.55. The van der Waals surface area contributed by atoms with E-state index in [2.05, 4.69) is 9.97 Å². The van der Waals surface area contributed by atoms with Crippen LogP contribution in [0.1, 0.15) is 39.2 Å². The zero-order valence-electron chi connectivity index (χ0n) is 21.6. The van der Waals surface area contributed by atoms with Crippen LogP contribution in [-0.2, 0) is 19.3 Å². The maximum absolute atomic E-state index is 14.5. The normalized spacial score (nSPS) is 21.9. The van der Waals surface area contributed by atoms with Crippen molar-refractivity contribution in [3.05, 3.63) is 35.9 Å². The van der Waals surface area contributed by atoms with Crippen LogP contribution in [0.2, 0.25) is 0 Å². The van der Waals surface area contributed by atoms with Gasteiger partial charge in [-0.3, -0.25) is 4.90 Å². The van der Waals surface area contributed by atoms with Gasteiger partial charge < -0.3 is 18.9 Å². The Morgan fingerprint density at radius 3 is 2.41 bits per heavy atom. The number of benzene rings is 1. The number of aromatic nitrogens is 2. The lowest BCUT2D eigenvalue weighted by atomic mass is 9.92. The number of hydrogen-bond donors (Lipinski definition) is 0. The Hall–Kier alpha value is -2.99. The zero-order valence-corrected chi connectivity index (χ0v) is 22.4. The topological polar surface area (TPSA) is 117 Å². The van der Waals surface area contributed by atoms with Gasteiger partial charge in [-0.2, -0.15) is 0 Å². The molecular formula is C25H32FN3O7S. The third-order valence-corrected chi connectivity index (χ3v) is 7.23. The van der Waals surface area contributed by atoms with Crippen LogP contribution in [0, 0.1) is 18.2 Å². The maximum atomic E-state index is 14.5. The molecule has 0 saturated carbocycles. The van der Waals surface area contributed by atoms with Crippen molar-refractivity contribution in [3.63, 3.8) is 0 Å². The van der Waals surface area contributed by atoms with Gasteiger partial charge in [0, 0.05) is 19.1 Å². The first kappa shape index (κ1) is 27.1. The molecule has 1 aromatic carbocycles. The van der Waals surface area contributed by atoms with Gasteiger partial charge in [0.1, 0.15) is 12.4 Å². The maximum Gasteiger partial charge on any atom is 0.410 e. The molecule has 2 unspecified atom stereocenters. The molecule has 2 atom stereocenters. The zero-order chi connectivity index (χ0) is 27.0. The Morgan fingerprint density at radius 2 is 1.81 bits per heavy atom. The van der Waals surface area contributed by atoms with Gasteiger partial charge in [0.05, 0.1) is 42.4 Å². The van der Waals surface area contributed by atoms with Crippen LogP contribution in [0.15, 0.2) is 29.4 Å². The summed E-state index contributed by atoms with van der Waals surface area (Å²) in [6, 6.07) is 3.03. The number of fused-ring (bicyclic) bond motifs is 2. The Morgan fingerprint density at radius 1 is 1.16 bits per heavy atom. The van der Waals surface area contributed by atoms with E-state index in [1.54, 1.807) is 11.8 Å². The molecule has 0 radical (unpaired) electrons. The summed E-state index contributed by atoms with van der Waals surface area (Å²) in [5.74, 6) is -0.635. The molecule has 0 N–H and O–H groups in total. The fourth-order valence-corrected chi connectivity index (χ4v) is 4.94. The molecule has 1 aromatic heterocycles. The smallest absolute Gasteiger partial charge is 0.410 e. The fourth-order valence-electron chi connectivity index (χ4n) is 4.31. The van der Waals surface area contributed by atoms with E-state index in [4.69, 9.17) is 18.9 Å². The Labute approximate surface area is 216 Å².